The quantitative estimate of drug-likeness (QED) is 0.668. The monoisotopic (exact) mass is 258 g/mol. The Bertz CT molecular complexity index is 591. The van der Waals surface area contributed by atoms with Gasteiger partial charge in [0.2, 0.25) is 0 Å². The third-order valence-electron chi connectivity index (χ3n) is 2.80. The third-order valence-corrected chi connectivity index (χ3v) is 3.19. The van der Waals surface area contributed by atoms with Gasteiger partial charge in [0.05, 0.1) is 7.11 Å². The van der Waals surface area contributed by atoms with Crippen LogP contribution >= 0.6 is 12.6 Å². The lowest BCUT2D eigenvalue weighted by molar-refractivity contribution is 0.101. The molecule has 2 nitrogen and oxygen atoms in total. The van der Waals surface area contributed by atoms with Crippen molar-refractivity contribution < 1.29 is 9.53 Å². The Hall–Kier alpha value is -1.74. The average molecular weight is 258 g/mol. The molecule has 0 saturated heterocycles. The van der Waals surface area contributed by atoms with Crippen molar-refractivity contribution in [3.63, 3.8) is 0 Å². The van der Waals surface area contributed by atoms with Gasteiger partial charge < -0.3 is 4.74 Å². The van der Waals surface area contributed by atoms with Crippen LogP contribution in [-0.4, -0.2) is 12.9 Å². The van der Waals surface area contributed by atoms with E-state index in [4.69, 9.17) is 4.74 Å². The van der Waals surface area contributed by atoms with E-state index >= 15 is 0 Å². The molecule has 0 spiro atoms. The van der Waals surface area contributed by atoms with Crippen LogP contribution in [0.3, 0.4) is 0 Å². The lowest BCUT2D eigenvalue weighted by Crippen LogP contribution is -1.95. The minimum Gasteiger partial charge on any atom is -0.496 e. The van der Waals surface area contributed by atoms with Crippen LogP contribution < -0.4 is 4.74 Å². The first-order valence-electron chi connectivity index (χ1n) is 5.61. The van der Waals surface area contributed by atoms with Crippen LogP contribution in [0.4, 0.5) is 0 Å². The zero-order chi connectivity index (χ0) is 13.1. The number of thiol groups is 1. The van der Waals surface area contributed by atoms with Gasteiger partial charge in [0.25, 0.3) is 0 Å². The van der Waals surface area contributed by atoms with Gasteiger partial charge in [-0.05, 0) is 30.7 Å². The van der Waals surface area contributed by atoms with Gasteiger partial charge in [-0.1, -0.05) is 24.3 Å². The molecule has 0 fully saturated rings. The molecule has 2 rings (SSSR count). The number of ether oxygens (including phenoxy) is 1. The van der Waals surface area contributed by atoms with Gasteiger partial charge in [-0.25, -0.2) is 0 Å². The number of carbonyl (C=O) groups excluding carboxylic acids is 1. The maximum atomic E-state index is 11.4. The normalized spacial score (nSPS) is 10.2. The summed E-state index contributed by atoms with van der Waals surface area (Å²) in [6, 6.07) is 13.3. The van der Waals surface area contributed by atoms with E-state index in [1.165, 1.54) is 0 Å². The average Bonchev–Trinajstić information content (AvgIpc) is 2.38. The first-order valence-corrected chi connectivity index (χ1v) is 6.05. The first-order chi connectivity index (χ1) is 8.63. The van der Waals surface area contributed by atoms with Crippen LogP contribution in [0.25, 0.3) is 11.1 Å². The lowest BCUT2D eigenvalue weighted by atomic mass is 10.0. The van der Waals surface area contributed by atoms with Gasteiger partial charge in [-0.3, -0.25) is 4.79 Å². The molecule has 0 radical (unpaired) electrons. The number of Topliss-reactive ketones (excluding diaryl/α,β-unsaturated/α-hetero) is 1. The van der Waals surface area contributed by atoms with Crippen molar-refractivity contribution in [3.05, 3.63) is 48.0 Å². The molecule has 0 aliphatic rings. The predicted octanol–water partition coefficient (Wildman–Crippen LogP) is 3.85. The number of hydrogen-bond acceptors (Lipinski definition) is 3. The molecule has 0 aliphatic carbocycles. The van der Waals surface area contributed by atoms with Crippen LogP contribution in [-0.2, 0) is 0 Å². The second-order valence-corrected chi connectivity index (χ2v) is 4.47. The lowest BCUT2D eigenvalue weighted by Gasteiger charge is -2.11. The van der Waals surface area contributed by atoms with Crippen molar-refractivity contribution in [2.24, 2.45) is 0 Å². The van der Waals surface area contributed by atoms with E-state index in [9.17, 15) is 4.79 Å². The second kappa shape index (κ2) is 5.27. The highest BCUT2D eigenvalue weighted by Crippen LogP contribution is 2.34. The number of ketones is 1. The Morgan fingerprint density at radius 1 is 1.11 bits per heavy atom. The summed E-state index contributed by atoms with van der Waals surface area (Å²) in [5.74, 6) is 0.711. The summed E-state index contributed by atoms with van der Waals surface area (Å²) in [4.78, 5) is 12.2. The molecule has 18 heavy (non-hydrogen) atoms. The van der Waals surface area contributed by atoms with Crippen molar-refractivity contribution in [2.45, 2.75) is 11.8 Å². The molecule has 0 atom stereocenters. The molecule has 0 amide bonds. The third kappa shape index (κ3) is 2.41. The van der Waals surface area contributed by atoms with Crippen molar-refractivity contribution in [1.82, 2.24) is 0 Å². The topological polar surface area (TPSA) is 26.3 Å². The van der Waals surface area contributed by atoms with Crippen LogP contribution in [0.5, 0.6) is 5.75 Å². The maximum Gasteiger partial charge on any atom is 0.159 e. The molecule has 0 unspecified atom stereocenters. The summed E-state index contributed by atoms with van der Waals surface area (Å²) in [5.41, 5.74) is 2.58. The zero-order valence-electron chi connectivity index (χ0n) is 10.3. The zero-order valence-corrected chi connectivity index (χ0v) is 11.2. The molecule has 0 saturated carbocycles. The smallest absolute Gasteiger partial charge is 0.159 e. The van der Waals surface area contributed by atoms with E-state index in [-0.39, 0.29) is 5.78 Å². The Morgan fingerprint density at radius 2 is 1.83 bits per heavy atom. The first kappa shape index (κ1) is 12.7. The van der Waals surface area contributed by atoms with Crippen LogP contribution in [0.15, 0.2) is 47.4 Å². The van der Waals surface area contributed by atoms with Crippen molar-refractivity contribution in [1.29, 1.82) is 0 Å². The van der Waals surface area contributed by atoms with Gasteiger partial charge in [0.1, 0.15) is 5.75 Å². The summed E-state index contributed by atoms with van der Waals surface area (Å²) in [6.45, 7) is 1.54. The fourth-order valence-corrected chi connectivity index (χ4v) is 2.12. The van der Waals surface area contributed by atoms with E-state index < -0.39 is 0 Å². The Morgan fingerprint density at radius 3 is 2.44 bits per heavy atom. The number of methoxy groups -OCH3 is 1. The fraction of sp³-hybridized carbons (Fsp3) is 0.133. The van der Waals surface area contributed by atoms with Gasteiger partial charge in [0, 0.05) is 16.0 Å². The maximum absolute atomic E-state index is 11.4. The Labute approximate surface area is 112 Å². The van der Waals surface area contributed by atoms with E-state index in [0.717, 1.165) is 16.0 Å². The molecule has 0 heterocycles. The highest BCUT2D eigenvalue weighted by atomic mass is 32.1. The van der Waals surface area contributed by atoms with Gasteiger partial charge >= 0.3 is 0 Å². The summed E-state index contributed by atoms with van der Waals surface area (Å²) in [6.07, 6.45) is 0. The number of carbonyl (C=O) groups is 1. The van der Waals surface area contributed by atoms with Crippen molar-refractivity contribution in [2.75, 3.05) is 7.11 Å². The Kier molecular flexibility index (Phi) is 3.72. The SMILES string of the molecule is COc1cc(C(C)=O)ccc1-c1ccccc1S. The highest BCUT2D eigenvalue weighted by Gasteiger charge is 2.10. The van der Waals surface area contributed by atoms with Crippen molar-refractivity contribution in [3.8, 4) is 16.9 Å². The Balaban J connectivity index is 2.58. The van der Waals surface area contributed by atoms with Gasteiger partial charge in [-0.15, -0.1) is 12.6 Å². The molecular weight excluding hydrogens is 244 g/mol. The fourth-order valence-electron chi connectivity index (χ4n) is 1.83. The van der Waals surface area contributed by atoms with Crippen LogP contribution in [0.2, 0.25) is 0 Å². The van der Waals surface area contributed by atoms with E-state index in [1.54, 1.807) is 26.2 Å². The molecule has 0 N–H and O–H groups in total. The van der Waals surface area contributed by atoms with E-state index in [1.807, 2.05) is 30.3 Å². The van der Waals surface area contributed by atoms with E-state index in [0.29, 0.717) is 11.3 Å². The molecule has 0 bridgehead atoms. The molecule has 2 aromatic rings. The van der Waals surface area contributed by atoms with Gasteiger partial charge in [-0.2, -0.15) is 0 Å². The highest BCUT2D eigenvalue weighted by molar-refractivity contribution is 7.80. The predicted molar refractivity (Wildman–Crippen MR) is 75.7 cm³/mol. The molecular formula is C15H14O2S. The summed E-state index contributed by atoms with van der Waals surface area (Å²) in [7, 11) is 1.60. The standard InChI is InChI=1S/C15H14O2S/c1-10(16)11-7-8-12(14(9-11)17-2)13-5-3-4-6-15(13)18/h3-9,18H,1-2H3. The summed E-state index contributed by atoms with van der Waals surface area (Å²) in [5, 5.41) is 0. The summed E-state index contributed by atoms with van der Waals surface area (Å²) >= 11 is 4.44. The van der Waals surface area contributed by atoms with E-state index in [2.05, 4.69) is 12.6 Å². The number of benzene rings is 2. The molecule has 0 aromatic heterocycles. The second-order valence-electron chi connectivity index (χ2n) is 3.99. The molecule has 2 aromatic carbocycles. The van der Waals surface area contributed by atoms with Crippen molar-refractivity contribution >= 4 is 18.4 Å². The van der Waals surface area contributed by atoms with Gasteiger partial charge in [0.15, 0.2) is 5.78 Å². The largest absolute Gasteiger partial charge is 0.496 e. The molecule has 0 aliphatic heterocycles. The molecule has 3 heteroatoms. The number of rotatable bonds is 3. The number of hydrogen-bond donors (Lipinski definition) is 1. The van der Waals surface area contributed by atoms with Crippen LogP contribution in [0, 0.1) is 0 Å². The minimum absolute atomic E-state index is 0.0269. The van der Waals surface area contributed by atoms with Crippen LogP contribution in [0.1, 0.15) is 17.3 Å². The minimum atomic E-state index is 0.0269. The summed E-state index contributed by atoms with van der Waals surface area (Å²) < 4.78 is 5.36. The molecule has 92 valence electrons.